The lowest BCUT2D eigenvalue weighted by Gasteiger charge is -2.09. The van der Waals surface area contributed by atoms with Crippen LogP contribution in [0.2, 0.25) is 0 Å². The summed E-state index contributed by atoms with van der Waals surface area (Å²) in [7, 11) is -5.82. The summed E-state index contributed by atoms with van der Waals surface area (Å²) in [5.41, 5.74) is -6.69. The summed E-state index contributed by atoms with van der Waals surface area (Å²) in [6.07, 6.45) is 0.684. The van der Waals surface area contributed by atoms with E-state index in [4.69, 9.17) is 0 Å². The summed E-state index contributed by atoms with van der Waals surface area (Å²) in [6.45, 7) is 0. The van der Waals surface area contributed by atoms with Crippen LogP contribution >= 0.6 is 12.6 Å². The monoisotopic (exact) mass is 276 g/mol. The summed E-state index contributed by atoms with van der Waals surface area (Å²) in [4.78, 5) is 10.1. The van der Waals surface area contributed by atoms with Crippen molar-refractivity contribution in [3.05, 3.63) is 22.7 Å². The summed E-state index contributed by atoms with van der Waals surface area (Å²) in [5, 5.41) is 0. The maximum Gasteiger partial charge on any atom is 0.534 e. The van der Waals surface area contributed by atoms with Gasteiger partial charge in [0.2, 0.25) is 0 Å². The molecule has 0 spiro atoms. The van der Waals surface area contributed by atoms with Crippen LogP contribution in [0.5, 0.6) is 5.75 Å². The van der Waals surface area contributed by atoms with Crippen molar-refractivity contribution in [3.63, 3.8) is 0 Å². The SMILES string of the molecule is O=c1occc(OS(=O)(=O)C(F)(F)F)c1S. The third-order valence-electron chi connectivity index (χ3n) is 1.30. The average molecular weight is 276 g/mol. The van der Waals surface area contributed by atoms with Crippen LogP contribution in [0.15, 0.2) is 26.4 Å². The number of halogens is 3. The summed E-state index contributed by atoms with van der Waals surface area (Å²) in [5.74, 6) is -0.850. The molecule has 0 atom stereocenters. The lowest BCUT2D eigenvalue weighted by molar-refractivity contribution is -0.0501. The number of thiol groups is 1. The number of hydrogen-bond acceptors (Lipinski definition) is 6. The first-order chi connectivity index (χ1) is 7.15. The molecule has 0 aliphatic rings. The van der Waals surface area contributed by atoms with E-state index in [1.165, 1.54) is 0 Å². The van der Waals surface area contributed by atoms with Crippen LogP contribution in [0.4, 0.5) is 13.2 Å². The van der Waals surface area contributed by atoms with Gasteiger partial charge in [-0.05, 0) is 0 Å². The van der Waals surface area contributed by atoms with Crippen LogP contribution in [0.1, 0.15) is 0 Å². The van der Waals surface area contributed by atoms with E-state index in [9.17, 15) is 26.4 Å². The van der Waals surface area contributed by atoms with E-state index >= 15 is 0 Å². The second-order valence-corrected chi connectivity index (χ2v) is 4.39. The predicted molar refractivity (Wildman–Crippen MR) is 47.8 cm³/mol. The minimum atomic E-state index is -5.82. The van der Waals surface area contributed by atoms with E-state index in [-0.39, 0.29) is 0 Å². The third-order valence-corrected chi connectivity index (χ3v) is 2.67. The summed E-state index contributed by atoms with van der Waals surface area (Å²) in [6, 6.07) is 0.729. The standard InChI is InChI=1S/C6H3F3O5S2/c7-6(8,9)16(11,12)14-3-1-2-13-5(10)4(3)15/h1-2,15H. The smallest absolute Gasteiger partial charge is 0.430 e. The molecule has 0 fully saturated rings. The second kappa shape index (κ2) is 4.01. The maximum atomic E-state index is 11.9. The fourth-order valence-corrected chi connectivity index (χ4v) is 1.33. The molecule has 0 N–H and O–H groups in total. The second-order valence-electron chi connectivity index (χ2n) is 2.40. The van der Waals surface area contributed by atoms with Crippen LogP contribution in [0.25, 0.3) is 0 Å². The van der Waals surface area contributed by atoms with Crippen molar-refractivity contribution in [2.75, 3.05) is 0 Å². The molecular formula is C6H3F3O5S2. The molecule has 1 heterocycles. The minimum Gasteiger partial charge on any atom is -0.430 e. The molecule has 0 aliphatic carbocycles. The Morgan fingerprint density at radius 1 is 1.38 bits per heavy atom. The van der Waals surface area contributed by atoms with E-state index in [1.807, 2.05) is 0 Å². The van der Waals surface area contributed by atoms with Gasteiger partial charge in [-0.15, -0.1) is 12.6 Å². The molecule has 0 amide bonds. The van der Waals surface area contributed by atoms with E-state index in [0.717, 1.165) is 6.07 Å². The van der Waals surface area contributed by atoms with Crippen molar-refractivity contribution in [3.8, 4) is 5.75 Å². The summed E-state index contributed by atoms with van der Waals surface area (Å²) >= 11 is 3.46. The van der Waals surface area contributed by atoms with Crippen molar-refractivity contribution in [2.24, 2.45) is 0 Å². The van der Waals surface area contributed by atoms with Crippen LogP contribution in [0, 0.1) is 0 Å². The highest BCUT2D eigenvalue weighted by Gasteiger charge is 2.48. The van der Waals surface area contributed by atoms with E-state index in [1.54, 1.807) is 0 Å². The Bertz CT molecular complexity index is 544. The number of hydrogen-bond donors (Lipinski definition) is 1. The highest BCUT2D eigenvalue weighted by Crippen LogP contribution is 2.28. The lowest BCUT2D eigenvalue weighted by atomic mass is 10.5. The summed E-state index contributed by atoms with van der Waals surface area (Å²) < 4.78 is 64.8. The van der Waals surface area contributed by atoms with Gasteiger partial charge in [0.25, 0.3) is 0 Å². The quantitative estimate of drug-likeness (QED) is 0.498. The molecule has 1 aromatic rings. The zero-order chi connectivity index (χ0) is 12.6. The zero-order valence-electron chi connectivity index (χ0n) is 7.19. The van der Waals surface area contributed by atoms with Crippen LogP contribution in [-0.4, -0.2) is 13.9 Å². The molecule has 0 saturated carbocycles. The lowest BCUT2D eigenvalue weighted by Crippen LogP contribution is -2.28. The van der Waals surface area contributed by atoms with Gasteiger partial charge in [0.05, 0.1) is 6.26 Å². The van der Waals surface area contributed by atoms with Gasteiger partial charge in [0, 0.05) is 6.07 Å². The molecule has 16 heavy (non-hydrogen) atoms. The van der Waals surface area contributed by atoms with Gasteiger partial charge in [-0.25, -0.2) is 4.79 Å². The molecule has 0 radical (unpaired) electrons. The first-order valence-corrected chi connectivity index (χ1v) is 5.32. The van der Waals surface area contributed by atoms with Crippen molar-refractivity contribution >= 4 is 22.7 Å². The van der Waals surface area contributed by atoms with Gasteiger partial charge >= 0.3 is 21.3 Å². The van der Waals surface area contributed by atoms with Gasteiger partial charge in [0.1, 0.15) is 4.90 Å². The molecule has 10 heteroatoms. The highest BCUT2D eigenvalue weighted by molar-refractivity contribution is 7.88. The maximum absolute atomic E-state index is 11.9. The predicted octanol–water partition coefficient (Wildman–Crippen LogP) is 1.16. The molecule has 1 rings (SSSR count). The first-order valence-electron chi connectivity index (χ1n) is 3.46. The zero-order valence-corrected chi connectivity index (χ0v) is 8.90. The molecule has 0 saturated heterocycles. The van der Waals surface area contributed by atoms with Crippen LogP contribution < -0.4 is 9.81 Å². The number of alkyl halides is 3. The van der Waals surface area contributed by atoms with E-state index < -0.39 is 31.9 Å². The van der Waals surface area contributed by atoms with Crippen molar-refractivity contribution in [1.29, 1.82) is 0 Å². The van der Waals surface area contributed by atoms with Gasteiger partial charge in [-0.3, -0.25) is 0 Å². The number of rotatable bonds is 2. The van der Waals surface area contributed by atoms with Crippen LogP contribution in [-0.2, 0) is 10.1 Å². The Hall–Kier alpha value is -1.16. The van der Waals surface area contributed by atoms with Gasteiger partial charge in [-0.2, -0.15) is 21.6 Å². The average Bonchev–Trinajstić information content (AvgIpc) is 2.11. The molecule has 5 nitrogen and oxygen atoms in total. The molecule has 0 aromatic carbocycles. The highest BCUT2D eigenvalue weighted by atomic mass is 32.2. The Balaban J connectivity index is 3.17. The molecule has 1 aromatic heterocycles. The van der Waals surface area contributed by atoms with Crippen molar-refractivity contribution < 1.29 is 30.2 Å². The van der Waals surface area contributed by atoms with Crippen LogP contribution in [0.3, 0.4) is 0 Å². The Morgan fingerprint density at radius 2 is 1.94 bits per heavy atom. The Morgan fingerprint density at radius 3 is 2.44 bits per heavy atom. The Kier molecular flexibility index (Phi) is 3.24. The van der Waals surface area contributed by atoms with E-state index in [2.05, 4.69) is 21.2 Å². The minimum absolute atomic E-state index is 0.671. The first kappa shape index (κ1) is 12.9. The molecule has 90 valence electrons. The van der Waals surface area contributed by atoms with Gasteiger partial charge in [-0.1, -0.05) is 0 Å². The Labute approximate surface area is 92.4 Å². The molecule has 0 bridgehead atoms. The van der Waals surface area contributed by atoms with Gasteiger partial charge < -0.3 is 8.60 Å². The fourth-order valence-electron chi connectivity index (χ4n) is 0.626. The van der Waals surface area contributed by atoms with Crippen molar-refractivity contribution in [2.45, 2.75) is 10.4 Å². The molecule has 0 unspecified atom stereocenters. The normalized spacial score (nSPS) is 12.5. The largest absolute Gasteiger partial charge is 0.534 e. The fraction of sp³-hybridized carbons (Fsp3) is 0.167. The van der Waals surface area contributed by atoms with E-state index in [0.29, 0.717) is 6.26 Å². The van der Waals surface area contributed by atoms with Gasteiger partial charge in [0.15, 0.2) is 5.75 Å². The topological polar surface area (TPSA) is 73.6 Å². The molecule has 0 aliphatic heterocycles. The van der Waals surface area contributed by atoms with Crippen molar-refractivity contribution in [1.82, 2.24) is 0 Å². The third kappa shape index (κ3) is 2.50. The molecular weight excluding hydrogens is 273 g/mol.